The number of phenolic OH excluding ortho intramolecular Hbond substituents is 2. The van der Waals surface area contributed by atoms with Crippen LogP contribution >= 0.6 is 11.6 Å². The summed E-state index contributed by atoms with van der Waals surface area (Å²) >= 11 is 6.19. The van der Waals surface area contributed by atoms with Gasteiger partial charge in [0.25, 0.3) is 0 Å². The van der Waals surface area contributed by atoms with Gasteiger partial charge in [0, 0.05) is 35.7 Å². The van der Waals surface area contributed by atoms with Gasteiger partial charge in [0.05, 0.1) is 11.1 Å². The van der Waals surface area contributed by atoms with Crippen LogP contribution in [0.3, 0.4) is 0 Å². The van der Waals surface area contributed by atoms with E-state index in [9.17, 15) is 20.1 Å². The Kier molecular flexibility index (Phi) is 4.79. The molecular formula is C21H20ClNO5. The van der Waals surface area contributed by atoms with E-state index in [2.05, 4.69) is 0 Å². The summed E-state index contributed by atoms with van der Waals surface area (Å²) in [6.07, 6.45) is -0.213. The summed E-state index contributed by atoms with van der Waals surface area (Å²) in [6, 6.07) is 9.52. The molecule has 1 saturated heterocycles. The molecule has 0 amide bonds. The van der Waals surface area contributed by atoms with Gasteiger partial charge < -0.3 is 24.6 Å². The molecule has 0 saturated carbocycles. The van der Waals surface area contributed by atoms with Crippen LogP contribution in [-0.4, -0.2) is 46.5 Å². The number of rotatable bonds is 2. The maximum absolute atomic E-state index is 12.8. The summed E-state index contributed by atoms with van der Waals surface area (Å²) in [7, 11) is 1.89. The van der Waals surface area contributed by atoms with Crippen LogP contribution in [0.5, 0.6) is 11.5 Å². The molecule has 28 heavy (non-hydrogen) atoms. The second-order valence-electron chi connectivity index (χ2n) is 7.21. The second kappa shape index (κ2) is 7.13. The lowest BCUT2D eigenvalue weighted by Gasteiger charge is -2.34. The van der Waals surface area contributed by atoms with Crippen molar-refractivity contribution in [2.75, 3.05) is 20.1 Å². The minimum Gasteiger partial charge on any atom is -0.507 e. The van der Waals surface area contributed by atoms with Crippen LogP contribution in [0.1, 0.15) is 17.9 Å². The van der Waals surface area contributed by atoms with Gasteiger partial charge in [0.1, 0.15) is 28.2 Å². The van der Waals surface area contributed by atoms with E-state index >= 15 is 0 Å². The van der Waals surface area contributed by atoms with E-state index in [1.807, 2.05) is 11.9 Å². The van der Waals surface area contributed by atoms with Crippen molar-refractivity contribution >= 4 is 22.6 Å². The van der Waals surface area contributed by atoms with E-state index in [1.165, 1.54) is 12.1 Å². The summed E-state index contributed by atoms with van der Waals surface area (Å²) in [5.41, 5.74) is 0.337. The Balaban J connectivity index is 1.89. The number of hydrogen-bond acceptors (Lipinski definition) is 6. The third-order valence-corrected chi connectivity index (χ3v) is 5.64. The molecule has 0 unspecified atom stereocenters. The van der Waals surface area contributed by atoms with E-state index in [4.69, 9.17) is 16.0 Å². The second-order valence-corrected chi connectivity index (χ2v) is 7.62. The molecular weight excluding hydrogens is 382 g/mol. The summed E-state index contributed by atoms with van der Waals surface area (Å²) in [6.45, 7) is 1.13. The fourth-order valence-electron chi connectivity index (χ4n) is 3.89. The topological polar surface area (TPSA) is 94.1 Å². The van der Waals surface area contributed by atoms with Crippen molar-refractivity contribution in [2.45, 2.75) is 18.4 Å². The number of β-amino-alcohol motifs (C(OH)–C–C–N with tert-alkyl or cyclic N) is 1. The molecule has 1 aliphatic rings. The van der Waals surface area contributed by atoms with E-state index in [0.717, 1.165) is 0 Å². The predicted octanol–water partition coefficient (Wildman–Crippen LogP) is 3.30. The third-order valence-electron chi connectivity index (χ3n) is 5.31. The van der Waals surface area contributed by atoms with Crippen LogP contribution in [0.2, 0.25) is 5.02 Å². The molecule has 0 aliphatic carbocycles. The number of phenols is 2. The summed E-state index contributed by atoms with van der Waals surface area (Å²) in [5.74, 6) is -0.779. The lowest BCUT2D eigenvalue weighted by molar-refractivity contribution is 0.0621. The van der Waals surface area contributed by atoms with Gasteiger partial charge in [-0.15, -0.1) is 0 Å². The molecule has 2 heterocycles. The van der Waals surface area contributed by atoms with Gasteiger partial charge in [0.2, 0.25) is 0 Å². The van der Waals surface area contributed by atoms with Crippen LogP contribution in [-0.2, 0) is 0 Å². The molecule has 1 aliphatic heterocycles. The first kappa shape index (κ1) is 18.8. The van der Waals surface area contributed by atoms with Gasteiger partial charge in [-0.2, -0.15) is 0 Å². The van der Waals surface area contributed by atoms with Crippen molar-refractivity contribution in [3.63, 3.8) is 0 Å². The number of nitrogens with zero attached hydrogens (tertiary/aromatic N) is 1. The van der Waals surface area contributed by atoms with Crippen LogP contribution in [0.25, 0.3) is 22.3 Å². The maximum atomic E-state index is 12.8. The van der Waals surface area contributed by atoms with Gasteiger partial charge in [0.15, 0.2) is 5.43 Å². The number of benzene rings is 2. The molecule has 3 N–H and O–H groups in total. The molecule has 1 fully saturated rings. The molecule has 0 spiro atoms. The van der Waals surface area contributed by atoms with Crippen molar-refractivity contribution in [1.29, 1.82) is 0 Å². The number of aliphatic hydroxyl groups excluding tert-OH is 1. The molecule has 2 aromatic carbocycles. The summed E-state index contributed by atoms with van der Waals surface area (Å²) in [4.78, 5) is 14.7. The molecule has 7 heteroatoms. The normalized spacial score (nSPS) is 20.5. The Morgan fingerprint density at radius 3 is 2.68 bits per heavy atom. The molecule has 146 valence electrons. The van der Waals surface area contributed by atoms with Gasteiger partial charge in [-0.05, 0) is 32.1 Å². The van der Waals surface area contributed by atoms with Gasteiger partial charge in [-0.25, -0.2) is 0 Å². The standard InChI is InChI=1S/C21H20ClNO5/c1-23-7-6-12(16(26)10-23)19-14(24)9-18-20(21(19)27)15(25)8-17(28-18)11-4-2-3-5-13(11)22/h2-5,8-9,12,16,24,26-27H,6-7,10H2,1H3/t12-,16+/m0/s1. The average Bonchev–Trinajstić information content (AvgIpc) is 2.63. The fourth-order valence-corrected chi connectivity index (χ4v) is 4.12. The average molecular weight is 402 g/mol. The Morgan fingerprint density at radius 2 is 1.96 bits per heavy atom. The number of piperidine rings is 1. The number of likely N-dealkylation sites (tertiary alicyclic amines) is 1. The monoisotopic (exact) mass is 401 g/mol. The first-order chi connectivity index (χ1) is 13.4. The van der Waals surface area contributed by atoms with Crippen molar-refractivity contribution in [3.8, 4) is 22.8 Å². The lowest BCUT2D eigenvalue weighted by atomic mass is 9.85. The van der Waals surface area contributed by atoms with E-state index in [1.54, 1.807) is 24.3 Å². The molecule has 2 atom stereocenters. The van der Waals surface area contributed by atoms with Crippen molar-refractivity contribution in [1.82, 2.24) is 4.90 Å². The largest absolute Gasteiger partial charge is 0.507 e. The van der Waals surface area contributed by atoms with E-state index in [0.29, 0.717) is 30.1 Å². The zero-order chi connectivity index (χ0) is 20.0. The van der Waals surface area contributed by atoms with Crippen LogP contribution in [0.4, 0.5) is 0 Å². The van der Waals surface area contributed by atoms with Crippen LogP contribution in [0, 0.1) is 0 Å². The SMILES string of the molecule is CN1CC[C@H](c2c(O)cc3oc(-c4ccccc4Cl)cc(=O)c3c2O)[C@H](O)C1. The zero-order valence-corrected chi connectivity index (χ0v) is 16.0. The first-order valence-corrected chi connectivity index (χ1v) is 9.38. The Morgan fingerprint density at radius 1 is 1.21 bits per heavy atom. The van der Waals surface area contributed by atoms with Crippen molar-refractivity contribution in [3.05, 3.63) is 57.2 Å². The van der Waals surface area contributed by atoms with Gasteiger partial charge in [-0.1, -0.05) is 23.7 Å². The number of halogens is 1. The number of likely N-dealkylation sites (N-methyl/N-ethyl adjacent to an activating group) is 1. The zero-order valence-electron chi connectivity index (χ0n) is 15.2. The summed E-state index contributed by atoms with van der Waals surface area (Å²) in [5, 5.41) is 32.2. The highest BCUT2D eigenvalue weighted by atomic mass is 35.5. The Bertz CT molecular complexity index is 1110. The molecule has 4 rings (SSSR count). The summed E-state index contributed by atoms with van der Waals surface area (Å²) < 4.78 is 5.78. The fraction of sp³-hybridized carbons (Fsp3) is 0.286. The number of hydrogen-bond donors (Lipinski definition) is 3. The number of fused-ring (bicyclic) bond motifs is 1. The Labute approximate surface area is 166 Å². The third kappa shape index (κ3) is 3.13. The van der Waals surface area contributed by atoms with E-state index < -0.39 is 17.5 Å². The van der Waals surface area contributed by atoms with Gasteiger partial charge >= 0.3 is 0 Å². The highest BCUT2D eigenvalue weighted by molar-refractivity contribution is 6.33. The minimum absolute atomic E-state index is 0.0188. The van der Waals surface area contributed by atoms with Gasteiger partial charge in [-0.3, -0.25) is 4.79 Å². The highest BCUT2D eigenvalue weighted by Crippen LogP contribution is 2.43. The molecule has 0 bridgehead atoms. The highest BCUT2D eigenvalue weighted by Gasteiger charge is 2.33. The van der Waals surface area contributed by atoms with Crippen molar-refractivity contribution in [2.24, 2.45) is 0 Å². The van der Waals surface area contributed by atoms with Crippen LogP contribution in [0.15, 0.2) is 45.6 Å². The molecule has 0 radical (unpaired) electrons. The van der Waals surface area contributed by atoms with Crippen molar-refractivity contribution < 1.29 is 19.7 Å². The quantitative estimate of drug-likeness (QED) is 0.610. The Hall–Kier alpha value is -2.54. The minimum atomic E-state index is -0.762. The molecule has 3 aromatic rings. The predicted molar refractivity (Wildman–Crippen MR) is 107 cm³/mol. The van der Waals surface area contributed by atoms with E-state index in [-0.39, 0.29) is 33.8 Å². The number of aliphatic hydroxyl groups is 1. The van der Waals surface area contributed by atoms with Crippen LogP contribution < -0.4 is 5.43 Å². The smallest absolute Gasteiger partial charge is 0.197 e. The molecule has 1 aromatic heterocycles. The lowest BCUT2D eigenvalue weighted by Crippen LogP contribution is -2.40. The maximum Gasteiger partial charge on any atom is 0.197 e. The number of aromatic hydroxyl groups is 2. The first-order valence-electron chi connectivity index (χ1n) is 9.01. The molecule has 6 nitrogen and oxygen atoms in total.